The number of nitrogens with one attached hydrogen (secondary N) is 1. The second-order valence-electron chi connectivity index (χ2n) is 7.79. The van der Waals surface area contributed by atoms with Gasteiger partial charge < -0.3 is 15.0 Å². The molecule has 1 aliphatic heterocycles. The van der Waals surface area contributed by atoms with Crippen molar-refractivity contribution in [2.24, 2.45) is 7.05 Å². The molecule has 6 heteroatoms. The normalized spacial score (nSPS) is 15.2. The maximum absolute atomic E-state index is 12.2. The number of β-amino-alcohol motifs (C(OH)–C–C–N with tert-alkyl or cyclic N) is 1. The highest BCUT2D eigenvalue weighted by Crippen LogP contribution is 2.18. The number of benzene rings is 2. The van der Waals surface area contributed by atoms with E-state index < -0.39 is 6.10 Å². The predicted molar refractivity (Wildman–Crippen MR) is 113 cm³/mol. The molecule has 4 rings (SSSR count). The van der Waals surface area contributed by atoms with Gasteiger partial charge in [0.25, 0.3) is 0 Å². The number of hydrogen-bond acceptors (Lipinski definition) is 4. The SMILES string of the molecule is Cn1c(CCC(=O)NC[C@@H](O)CN2CCc3ccccc3C2)nc2ccccc21. The van der Waals surface area contributed by atoms with Crippen LogP contribution in [0.1, 0.15) is 23.4 Å². The number of aromatic nitrogens is 2. The Kier molecular flexibility index (Phi) is 5.92. The van der Waals surface area contributed by atoms with Crippen molar-refractivity contribution in [3.05, 3.63) is 65.5 Å². The molecule has 29 heavy (non-hydrogen) atoms. The number of carbonyl (C=O) groups is 1. The second kappa shape index (κ2) is 8.76. The molecule has 0 radical (unpaired) electrons. The van der Waals surface area contributed by atoms with Crippen LogP contribution in [0.15, 0.2) is 48.5 Å². The summed E-state index contributed by atoms with van der Waals surface area (Å²) in [5.74, 6) is 0.842. The topological polar surface area (TPSA) is 70.4 Å². The summed E-state index contributed by atoms with van der Waals surface area (Å²) >= 11 is 0. The number of aliphatic hydroxyl groups is 1. The van der Waals surface area contributed by atoms with E-state index in [0.29, 0.717) is 19.4 Å². The van der Waals surface area contributed by atoms with Gasteiger partial charge in [-0.2, -0.15) is 0 Å². The summed E-state index contributed by atoms with van der Waals surface area (Å²) in [6.45, 7) is 2.64. The Morgan fingerprint density at radius 1 is 1.17 bits per heavy atom. The summed E-state index contributed by atoms with van der Waals surface area (Å²) in [6, 6.07) is 16.4. The average Bonchev–Trinajstić information content (AvgIpc) is 3.06. The zero-order valence-electron chi connectivity index (χ0n) is 16.8. The molecule has 0 bridgehead atoms. The van der Waals surface area contributed by atoms with E-state index in [1.54, 1.807) is 0 Å². The fourth-order valence-corrected chi connectivity index (χ4v) is 4.04. The maximum atomic E-state index is 12.2. The van der Waals surface area contributed by atoms with Gasteiger partial charge in [-0.3, -0.25) is 9.69 Å². The lowest BCUT2D eigenvalue weighted by molar-refractivity contribution is -0.121. The molecule has 152 valence electrons. The van der Waals surface area contributed by atoms with Crippen LogP contribution in [0.4, 0.5) is 0 Å². The molecule has 1 aromatic heterocycles. The molecule has 0 unspecified atom stereocenters. The van der Waals surface area contributed by atoms with Crippen molar-refractivity contribution in [1.82, 2.24) is 19.8 Å². The number of rotatable bonds is 7. The molecule has 2 aromatic carbocycles. The van der Waals surface area contributed by atoms with E-state index in [4.69, 9.17) is 0 Å². The minimum absolute atomic E-state index is 0.0555. The number of para-hydroxylation sites is 2. The third kappa shape index (κ3) is 4.66. The number of carbonyl (C=O) groups excluding carboxylic acids is 1. The molecule has 2 N–H and O–H groups in total. The predicted octanol–water partition coefficient (Wildman–Crippen LogP) is 2.04. The third-order valence-corrected chi connectivity index (χ3v) is 5.67. The zero-order chi connectivity index (χ0) is 20.2. The smallest absolute Gasteiger partial charge is 0.220 e. The van der Waals surface area contributed by atoms with Gasteiger partial charge in [0, 0.05) is 46.1 Å². The van der Waals surface area contributed by atoms with Crippen LogP contribution in [0.5, 0.6) is 0 Å². The van der Waals surface area contributed by atoms with Gasteiger partial charge >= 0.3 is 0 Å². The molecular weight excluding hydrogens is 364 g/mol. The highest BCUT2D eigenvalue weighted by Gasteiger charge is 2.19. The Morgan fingerprint density at radius 2 is 1.93 bits per heavy atom. The second-order valence-corrected chi connectivity index (χ2v) is 7.79. The molecule has 1 aliphatic rings. The van der Waals surface area contributed by atoms with Crippen molar-refractivity contribution in [3.63, 3.8) is 0 Å². The molecule has 2 heterocycles. The van der Waals surface area contributed by atoms with Crippen LogP contribution in [-0.2, 0) is 31.2 Å². The Labute approximate surface area is 171 Å². The van der Waals surface area contributed by atoms with Crippen LogP contribution < -0.4 is 5.32 Å². The third-order valence-electron chi connectivity index (χ3n) is 5.67. The Morgan fingerprint density at radius 3 is 2.76 bits per heavy atom. The molecule has 3 aromatic rings. The number of nitrogens with zero attached hydrogens (tertiary/aromatic N) is 3. The van der Waals surface area contributed by atoms with Crippen molar-refractivity contribution in [2.45, 2.75) is 31.9 Å². The number of amides is 1. The minimum atomic E-state index is -0.569. The molecule has 0 spiro atoms. The zero-order valence-corrected chi connectivity index (χ0v) is 16.8. The van der Waals surface area contributed by atoms with E-state index in [2.05, 4.69) is 39.5 Å². The van der Waals surface area contributed by atoms with Gasteiger partial charge in [-0.15, -0.1) is 0 Å². The lowest BCUT2D eigenvalue weighted by atomic mass is 10.00. The molecule has 1 atom stereocenters. The number of aliphatic hydroxyl groups excluding tert-OH is 1. The summed E-state index contributed by atoms with van der Waals surface area (Å²) in [4.78, 5) is 19.1. The molecule has 0 aliphatic carbocycles. The lowest BCUT2D eigenvalue weighted by Gasteiger charge is -2.30. The van der Waals surface area contributed by atoms with Gasteiger partial charge in [-0.05, 0) is 29.7 Å². The van der Waals surface area contributed by atoms with Gasteiger partial charge in [0.05, 0.1) is 17.1 Å². The number of aryl methyl sites for hydroxylation is 2. The fourth-order valence-electron chi connectivity index (χ4n) is 4.04. The van der Waals surface area contributed by atoms with Crippen LogP contribution in [0.3, 0.4) is 0 Å². The lowest BCUT2D eigenvalue weighted by Crippen LogP contribution is -2.42. The van der Waals surface area contributed by atoms with Crippen LogP contribution in [0.25, 0.3) is 11.0 Å². The van der Waals surface area contributed by atoms with E-state index in [-0.39, 0.29) is 12.5 Å². The summed E-state index contributed by atoms with van der Waals surface area (Å²) < 4.78 is 2.03. The summed E-state index contributed by atoms with van der Waals surface area (Å²) in [7, 11) is 1.98. The summed E-state index contributed by atoms with van der Waals surface area (Å²) in [5, 5.41) is 13.2. The molecular formula is C23H28N4O2. The highest BCUT2D eigenvalue weighted by atomic mass is 16.3. The van der Waals surface area contributed by atoms with E-state index in [0.717, 1.165) is 36.4 Å². The molecule has 6 nitrogen and oxygen atoms in total. The molecule has 1 amide bonds. The van der Waals surface area contributed by atoms with Crippen molar-refractivity contribution < 1.29 is 9.90 Å². The standard InChI is InChI=1S/C23H28N4O2/c1-26-21-9-5-4-8-20(21)25-22(26)10-11-23(29)24-14-19(28)16-27-13-12-17-6-2-3-7-18(17)15-27/h2-9,19,28H,10-16H2,1H3,(H,24,29)/t19-/m1/s1. The Hall–Kier alpha value is -2.70. The van der Waals surface area contributed by atoms with Crippen LogP contribution in [0, 0.1) is 0 Å². The van der Waals surface area contributed by atoms with E-state index >= 15 is 0 Å². The van der Waals surface area contributed by atoms with Crippen molar-refractivity contribution in [1.29, 1.82) is 0 Å². The first-order valence-electron chi connectivity index (χ1n) is 10.2. The molecule has 0 fully saturated rings. The summed E-state index contributed by atoms with van der Waals surface area (Å²) in [5.41, 5.74) is 4.75. The van der Waals surface area contributed by atoms with E-state index in [9.17, 15) is 9.90 Å². The first kappa shape index (κ1) is 19.6. The average molecular weight is 393 g/mol. The molecule has 0 saturated carbocycles. The first-order chi connectivity index (χ1) is 14.1. The minimum Gasteiger partial charge on any atom is -0.390 e. The van der Waals surface area contributed by atoms with E-state index in [1.165, 1.54) is 11.1 Å². The Bertz CT molecular complexity index is 997. The van der Waals surface area contributed by atoms with Crippen molar-refractivity contribution in [3.8, 4) is 0 Å². The van der Waals surface area contributed by atoms with Gasteiger partial charge in [-0.1, -0.05) is 36.4 Å². The first-order valence-corrected chi connectivity index (χ1v) is 10.2. The monoisotopic (exact) mass is 392 g/mol. The number of hydrogen-bond donors (Lipinski definition) is 2. The Balaban J connectivity index is 1.22. The largest absolute Gasteiger partial charge is 0.390 e. The number of fused-ring (bicyclic) bond motifs is 2. The quantitative estimate of drug-likeness (QED) is 0.646. The van der Waals surface area contributed by atoms with Crippen LogP contribution in [-0.4, -0.2) is 51.2 Å². The van der Waals surface area contributed by atoms with Gasteiger partial charge in [0.15, 0.2) is 0 Å². The number of imidazole rings is 1. The van der Waals surface area contributed by atoms with Gasteiger partial charge in [0.2, 0.25) is 5.91 Å². The summed E-state index contributed by atoms with van der Waals surface area (Å²) in [6.07, 6.45) is 1.38. The van der Waals surface area contributed by atoms with Gasteiger partial charge in [-0.25, -0.2) is 4.98 Å². The van der Waals surface area contributed by atoms with Gasteiger partial charge in [0.1, 0.15) is 5.82 Å². The maximum Gasteiger partial charge on any atom is 0.220 e. The fraction of sp³-hybridized carbons (Fsp3) is 0.391. The van der Waals surface area contributed by atoms with Crippen molar-refractivity contribution >= 4 is 16.9 Å². The van der Waals surface area contributed by atoms with Crippen molar-refractivity contribution in [2.75, 3.05) is 19.6 Å². The molecule has 0 saturated heterocycles. The van der Waals surface area contributed by atoms with Crippen LogP contribution in [0.2, 0.25) is 0 Å². The highest BCUT2D eigenvalue weighted by molar-refractivity contribution is 5.77. The van der Waals surface area contributed by atoms with Crippen LogP contribution >= 0.6 is 0 Å². The van der Waals surface area contributed by atoms with E-state index in [1.807, 2.05) is 35.9 Å².